The zero-order chi connectivity index (χ0) is 106. The zero-order valence-corrected chi connectivity index (χ0v) is 101. The molecule has 1 fully saturated rings. The second-order valence-electron chi connectivity index (χ2n) is 39.9. The second-order valence-corrected chi connectivity index (χ2v) is 78.7. The van der Waals surface area contributed by atoms with E-state index in [1.165, 1.54) is 58.7 Å². The van der Waals surface area contributed by atoms with E-state index in [4.69, 9.17) is 56.0 Å². The van der Waals surface area contributed by atoms with Crippen LogP contribution in [-0.4, -0.2) is 148 Å². The van der Waals surface area contributed by atoms with E-state index in [0.717, 1.165) is 117 Å². The maximum Gasteiger partial charge on any atom is 1.00 e. The minimum absolute atomic E-state index is 0. The van der Waals surface area contributed by atoms with Crippen LogP contribution in [0.3, 0.4) is 0 Å². The summed E-state index contributed by atoms with van der Waals surface area (Å²) in [5, 5.41) is 45.8. The Morgan fingerprint density at radius 2 is 0.849 bits per heavy atom. The van der Waals surface area contributed by atoms with Gasteiger partial charge in [-0.2, -0.15) is 10.4 Å². The Balaban J connectivity index is 0.000000905. The van der Waals surface area contributed by atoms with Crippen LogP contribution in [0.1, 0.15) is 118 Å². The first kappa shape index (κ1) is 136. The molecule has 0 aliphatic carbocycles. The number of Topliss-reactive ketones (excluding diaryl/α,β-unsaturated/α-hetero) is 2. The molecule has 0 bridgehead atoms. The van der Waals surface area contributed by atoms with Gasteiger partial charge in [0.2, 0.25) is 30.1 Å². The predicted molar refractivity (Wildman–Crippen MR) is 636 cm³/mol. The number of hydrogen-bond donors (Lipinski definition) is 9. The van der Waals surface area contributed by atoms with Crippen molar-refractivity contribution in [1.29, 1.82) is 5.26 Å². The number of thiocyanates is 1. The zero-order valence-electron chi connectivity index (χ0n) is 88.2. The average Bonchev–Trinajstić information content (AvgIpc) is 1.63. The van der Waals surface area contributed by atoms with Crippen LogP contribution in [-0.2, 0) is 34.8 Å². The molecule has 1 aliphatic rings. The van der Waals surface area contributed by atoms with Gasteiger partial charge in [-0.25, -0.2) is 39.2 Å². The number of rotatable bonds is 26. The van der Waals surface area contributed by atoms with E-state index < -0.39 is 79.5 Å². The summed E-state index contributed by atoms with van der Waals surface area (Å²) in [4.78, 5) is 26.5. The van der Waals surface area contributed by atoms with E-state index in [1.54, 1.807) is 106 Å². The number of nitrogens with one attached hydrogen (secondary N) is 5. The number of thioether (sulfide) groups is 1. The smallest absolute Gasteiger partial charge is 0.668 e. The van der Waals surface area contributed by atoms with Crippen molar-refractivity contribution in [1.82, 2.24) is 19.0 Å². The predicted octanol–water partition coefficient (Wildman–Crippen LogP) is 23.1. The van der Waals surface area contributed by atoms with Gasteiger partial charge in [-0.3, -0.25) is 26.4 Å². The van der Waals surface area contributed by atoms with Crippen molar-refractivity contribution in [2.45, 2.75) is 231 Å². The van der Waals surface area contributed by atoms with E-state index in [1.807, 2.05) is 160 Å². The summed E-state index contributed by atoms with van der Waals surface area (Å²) in [6, 6.07) is 63.2. The molecule has 0 amide bonds. The Labute approximate surface area is 923 Å². The maximum absolute atomic E-state index is 13.2. The monoisotopic (exact) mass is 2230 g/mol. The number of carbonyl (C=O) groups is 2. The second kappa shape index (κ2) is 60.5. The number of sulfonamides is 3. The van der Waals surface area contributed by atoms with Gasteiger partial charge in [-0.05, 0) is 191 Å². The normalized spacial score (nSPS) is 12.0. The van der Waals surface area contributed by atoms with Crippen LogP contribution in [0.15, 0.2) is 242 Å². The van der Waals surface area contributed by atoms with Gasteiger partial charge < -0.3 is 44.0 Å². The molecule has 5 heterocycles. The summed E-state index contributed by atoms with van der Waals surface area (Å²) in [6.45, 7) is 53.4. The van der Waals surface area contributed by atoms with Gasteiger partial charge >= 0.3 is 37.7 Å². The van der Waals surface area contributed by atoms with Gasteiger partial charge in [0.05, 0.1) is 53.1 Å². The minimum atomic E-state index is -3.72. The first-order chi connectivity index (χ1) is 65.7. The van der Waals surface area contributed by atoms with E-state index in [-0.39, 0.29) is 109 Å². The third-order valence-corrected chi connectivity index (χ3v) is 52.9. The first-order valence-electron chi connectivity index (χ1n) is 45.7. The molecule has 14 rings (SSSR count). The summed E-state index contributed by atoms with van der Waals surface area (Å²) in [6.07, 6.45) is 2.60. The number of carbonyl (C=O) groups excluding carboxylic acids is 2. The molecule has 25 nitrogen and oxygen atoms in total. The number of ether oxygens (including phenoxy) is 4. The van der Waals surface area contributed by atoms with E-state index in [9.17, 15) is 34.8 Å². The summed E-state index contributed by atoms with van der Waals surface area (Å²) in [7, 11) is -14.8. The molecule has 0 saturated carbocycles. The molecule has 1 saturated heterocycles. The van der Waals surface area contributed by atoms with Crippen LogP contribution in [0.5, 0.6) is 17.2 Å². The summed E-state index contributed by atoms with van der Waals surface area (Å²) < 4.78 is 113. The topological polar surface area (TPSA) is 401 Å². The Kier molecular flexibility index (Phi) is 56.5. The number of hydrogen-bond acceptors (Lipinski definition) is 23. The number of aromatic nitrogens is 2. The number of fused-ring (bicyclic) bond motifs is 3. The number of thiophene rings is 3. The van der Waals surface area contributed by atoms with Gasteiger partial charge in [0, 0.05) is 105 Å². The van der Waals surface area contributed by atoms with Crippen LogP contribution in [0.4, 0.5) is 17.2 Å². The largest absolute Gasteiger partial charge is 1.00 e. The fourth-order valence-corrected chi connectivity index (χ4v) is 44.1. The summed E-state index contributed by atoms with van der Waals surface area (Å²) >= 11 is 11.3. The Bertz CT molecular complexity index is 6600. The quantitative estimate of drug-likeness (QED) is 0.00462. The number of methoxy groups -OCH3 is 3. The fourth-order valence-electron chi connectivity index (χ4n) is 13.8. The van der Waals surface area contributed by atoms with Crippen molar-refractivity contribution in [3.05, 3.63) is 243 Å². The number of ketones is 2. The molecule has 13 aromatic rings. The van der Waals surface area contributed by atoms with Gasteiger partial charge in [0.25, 0.3) is 0 Å². The molecule has 0 radical (unpaired) electrons. The number of aliphatic hydroxyl groups is 1. The molecule has 12 N–H and O–H groups in total. The number of nitrogens with two attached hydrogens (primary N) is 3. The van der Waals surface area contributed by atoms with Crippen LogP contribution >= 0.6 is 58.0 Å². The number of nitriles is 1. The van der Waals surface area contributed by atoms with Gasteiger partial charge in [-0.1, -0.05) is 305 Å². The van der Waals surface area contributed by atoms with Gasteiger partial charge in [0.1, 0.15) is 39.1 Å². The van der Waals surface area contributed by atoms with Gasteiger partial charge in [0.15, 0.2) is 17.4 Å². The first-order valence-corrected chi connectivity index (χ1v) is 73.9. The van der Waals surface area contributed by atoms with Crippen molar-refractivity contribution < 1.29 is 96.6 Å². The number of thiocarbonyl (C=S) groups is 1. The van der Waals surface area contributed by atoms with Crippen LogP contribution < -0.4 is 88.2 Å². The molecular formula is C105H154Li2N12O13S8Si6. The average molecular weight is 2230 g/mol. The summed E-state index contributed by atoms with van der Waals surface area (Å²) in [5.74, 6) is 11.1. The number of anilines is 3. The number of aromatic amines is 1. The molecule has 4 aromatic heterocycles. The van der Waals surface area contributed by atoms with Crippen LogP contribution in [0, 0.1) is 10.7 Å². The number of hydrazine groups is 1. The standard InChI is InChI=1S/C30H34N2O4S3Si.C24H20N4O3S2.C17H14O2S.C13H20N2O2S2Si.2C6H18NSi2.C4H8O.C2H6O.3CH4.2Li.H4N2/c1-30(2,3)40(5,6)32-39(34,35)23-16-12-21(13-17-23)31-28(37)18-27(33)26-19-38-29-24(8-7-9-25(26)29)20-10-14-22(36-4)15-11-20;1-31-17-9-5-15(6-10-17)19-3-2-4-20-21(14-32-24(19)20)22-13-23(28-27-22)26-16-7-11-18(12-8-16)33(25,29)30;1-11(18)16-10-20-17-14(4-3-5-15(16)17)12-6-8-13(19-2)9-7-12;1-13(2,3)20(4,5)15-19(16,17)12-8-6-11(7-9-12)18-10-14;2*1-8(2,3)7-9(4,5)6;1-2-4-5-3-1;1-2-3;;;;;;1-2/h7-17,19,32H,18H2,1-6H3,(H,31,37);2-14H,1H3,(H2,25,29,30)(H2,26,27,28);3-10H,1-2H3;6-9,15H,1-5H3;2*1-6H3;1-4H2;3H,2H2,1H3;3*1H4;;;1-2H2/q;;;;2*-1;;;;;;2*+1;. The van der Waals surface area contributed by atoms with E-state index in [2.05, 4.69) is 182 Å². The number of aliphatic hydroxyl groups excluding tert-OH is 1. The molecule has 786 valence electrons. The SMILES string of the molecule is C.C.C.C1CCOC1.CC(C)(C)[Si](C)(C)NS(=O)(=O)c1ccc(SC#N)cc1.CCO.COc1ccc(-c2cccc3c(-c4cc(Nc5ccc(S(N)(=O)=O)cc5)n[nH]4)csc23)cc1.COc1ccc(-c2cccc3c(C(=O)CC(=S)Nc4ccc(S(=O)(=O)N[Si](C)(C)C(C)(C)C)cc4)csc23)cc1.COc1ccc(-c2cccc3c(C(C)=O)csc23)cc1.C[Si](C)(C)[N-][Si](C)(C)C.C[Si](C)(C)[N-][Si](C)(C)C.NN.[Li+].[Li+]. The Morgan fingerprint density at radius 1 is 0.514 bits per heavy atom. The molecule has 9 aromatic carbocycles. The molecule has 146 heavy (non-hydrogen) atoms. The summed E-state index contributed by atoms with van der Waals surface area (Å²) in [5.41, 5.74) is 11.4. The van der Waals surface area contributed by atoms with E-state index >= 15 is 0 Å². The molecule has 0 atom stereocenters. The third kappa shape index (κ3) is 43.2. The van der Waals surface area contributed by atoms with Crippen molar-refractivity contribution in [3.63, 3.8) is 0 Å². The number of benzene rings is 9. The van der Waals surface area contributed by atoms with Crippen molar-refractivity contribution in [2.75, 3.05) is 51.8 Å². The molecular weight excluding hydrogens is 2080 g/mol. The molecule has 0 unspecified atom stereocenters. The van der Waals surface area contributed by atoms with Crippen molar-refractivity contribution in [3.8, 4) is 67.3 Å². The minimum Gasteiger partial charge on any atom is -0.668 e. The number of primary sulfonamides is 1. The van der Waals surface area contributed by atoms with Gasteiger partial charge in [-0.15, -0.1) is 34.0 Å². The fraction of sp³-hybridized carbons (Fsp3) is 0.362. The van der Waals surface area contributed by atoms with Crippen LogP contribution in [0.2, 0.25) is 115 Å². The Hall–Kier alpha value is -7.67. The molecule has 1 aliphatic heterocycles. The number of nitrogens with zero attached hydrogens (tertiary/aromatic N) is 4. The van der Waals surface area contributed by atoms with E-state index in [0.29, 0.717) is 27.7 Å². The number of H-pyrrole nitrogens is 1. The molecule has 0 spiro atoms. The third-order valence-electron chi connectivity index (χ3n) is 21.8. The van der Waals surface area contributed by atoms with Crippen molar-refractivity contribution >= 4 is 201 Å². The molecule has 41 heteroatoms. The Morgan fingerprint density at radius 3 is 1.18 bits per heavy atom. The van der Waals surface area contributed by atoms with Crippen LogP contribution in [0.25, 0.3) is 84.2 Å². The maximum atomic E-state index is 13.2. The van der Waals surface area contributed by atoms with Crippen molar-refractivity contribution in [2.24, 2.45) is 16.8 Å².